The number of hydrogen-bond donors (Lipinski definition) is 4. The standard InChI is InChI=1S/C21H22FN7O2/c1-29(2)21(31)26-14-8-9-16(22)17(10-14)27-20-25-12-15(18(23)30)19(28-20)24-11-13-6-4-3-5-7-13/h3-10,12H,11H2,1-2H3,(H2,23,30)(H,26,31)(H2,24,25,27,28). The Hall–Kier alpha value is -4.21. The molecule has 9 nitrogen and oxygen atoms in total. The van der Waals surface area contributed by atoms with Gasteiger partial charge in [0.15, 0.2) is 0 Å². The molecule has 2 aromatic carbocycles. The summed E-state index contributed by atoms with van der Waals surface area (Å²) in [5.74, 6) is -0.993. The fourth-order valence-electron chi connectivity index (χ4n) is 2.59. The summed E-state index contributed by atoms with van der Waals surface area (Å²) in [6.07, 6.45) is 1.26. The van der Waals surface area contributed by atoms with Crippen LogP contribution in [0.1, 0.15) is 15.9 Å². The number of nitrogens with zero attached hydrogens (tertiary/aromatic N) is 3. The van der Waals surface area contributed by atoms with E-state index in [0.717, 1.165) is 5.56 Å². The van der Waals surface area contributed by atoms with Crippen molar-refractivity contribution >= 4 is 35.1 Å². The summed E-state index contributed by atoms with van der Waals surface area (Å²) in [5.41, 5.74) is 6.94. The van der Waals surface area contributed by atoms with E-state index in [1.165, 1.54) is 29.3 Å². The van der Waals surface area contributed by atoms with Gasteiger partial charge in [-0.3, -0.25) is 4.79 Å². The van der Waals surface area contributed by atoms with E-state index in [0.29, 0.717) is 12.2 Å². The summed E-state index contributed by atoms with van der Waals surface area (Å²) in [4.78, 5) is 33.2. The van der Waals surface area contributed by atoms with E-state index in [-0.39, 0.29) is 29.0 Å². The summed E-state index contributed by atoms with van der Waals surface area (Å²) in [7, 11) is 3.19. The van der Waals surface area contributed by atoms with E-state index >= 15 is 0 Å². The van der Waals surface area contributed by atoms with Gasteiger partial charge in [-0.05, 0) is 23.8 Å². The quantitative estimate of drug-likeness (QED) is 0.463. The molecule has 0 fully saturated rings. The van der Waals surface area contributed by atoms with Gasteiger partial charge in [0, 0.05) is 32.5 Å². The van der Waals surface area contributed by atoms with Gasteiger partial charge in [-0.25, -0.2) is 14.2 Å². The number of carbonyl (C=O) groups is 2. The SMILES string of the molecule is CN(C)C(=O)Nc1ccc(F)c(Nc2ncc(C(N)=O)c(NCc3ccccc3)n2)c1. The van der Waals surface area contributed by atoms with E-state index in [1.807, 2.05) is 30.3 Å². The molecule has 1 heterocycles. The minimum Gasteiger partial charge on any atom is -0.365 e. The number of rotatable bonds is 7. The number of anilines is 4. The van der Waals surface area contributed by atoms with Gasteiger partial charge in [-0.15, -0.1) is 0 Å². The van der Waals surface area contributed by atoms with Crippen LogP contribution in [0, 0.1) is 5.82 Å². The van der Waals surface area contributed by atoms with Crippen LogP contribution < -0.4 is 21.7 Å². The highest BCUT2D eigenvalue weighted by atomic mass is 19.1. The molecule has 0 bridgehead atoms. The molecule has 0 saturated heterocycles. The van der Waals surface area contributed by atoms with Gasteiger partial charge in [0.2, 0.25) is 5.95 Å². The summed E-state index contributed by atoms with van der Waals surface area (Å²) < 4.78 is 14.3. The molecule has 0 aliphatic rings. The Kier molecular flexibility index (Phi) is 6.61. The average Bonchev–Trinajstić information content (AvgIpc) is 2.75. The van der Waals surface area contributed by atoms with Gasteiger partial charge < -0.3 is 26.6 Å². The molecular formula is C21H22FN7O2. The van der Waals surface area contributed by atoms with Crippen molar-refractivity contribution < 1.29 is 14.0 Å². The highest BCUT2D eigenvalue weighted by molar-refractivity contribution is 5.97. The van der Waals surface area contributed by atoms with Crippen molar-refractivity contribution in [1.82, 2.24) is 14.9 Å². The number of halogens is 1. The second-order valence-corrected chi connectivity index (χ2v) is 6.80. The summed E-state index contributed by atoms with van der Waals surface area (Å²) in [6.45, 7) is 0.401. The largest absolute Gasteiger partial charge is 0.365 e. The maximum Gasteiger partial charge on any atom is 0.321 e. The maximum atomic E-state index is 14.3. The molecule has 5 N–H and O–H groups in total. The fraction of sp³-hybridized carbons (Fsp3) is 0.143. The molecule has 0 atom stereocenters. The number of hydrogen-bond acceptors (Lipinski definition) is 6. The molecule has 0 aliphatic heterocycles. The highest BCUT2D eigenvalue weighted by Crippen LogP contribution is 2.24. The second-order valence-electron chi connectivity index (χ2n) is 6.80. The third-order valence-electron chi connectivity index (χ3n) is 4.23. The average molecular weight is 423 g/mol. The normalized spacial score (nSPS) is 10.3. The van der Waals surface area contributed by atoms with E-state index in [4.69, 9.17) is 5.73 Å². The van der Waals surface area contributed by atoms with Gasteiger partial charge >= 0.3 is 6.03 Å². The monoisotopic (exact) mass is 423 g/mol. The number of benzene rings is 2. The smallest absolute Gasteiger partial charge is 0.321 e. The number of aromatic nitrogens is 2. The Morgan fingerprint density at radius 3 is 2.55 bits per heavy atom. The Bertz CT molecular complexity index is 1090. The van der Waals surface area contributed by atoms with Crippen LogP contribution in [0.3, 0.4) is 0 Å². The number of amides is 3. The number of nitrogens with two attached hydrogens (primary N) is 1. The third kappa shape index (κ3) is 5.66. The lowest BCUT2D eigenvalue weighted by Gasteiger charge is -2.14. The molecule has 0 spiro atoms. The summed E-state index contributed by atoms with van der Waals surface area (Å²) in [6, 6.07) is 13.2. The van der Waals surface area contributed by atoms with Crippen LogP contribution >= 0.6 is 0 Å². The van der Waals surface area contributed by atoms with Crippen LogP contribution in [0.2, 0.25) is 0 Å². The van der Waals surface area contributed by atoms with E-state index < -0.39 is 11.7 Å². The van der Waals surface area contributed by atoms with Crippen molar-refractivity contribution in [2.75, 3.05) is 30.0 Å². The van der Waals surface area contributed by atoms with E-state index in [1.54, 1.807) is 14.1 Å². The van der Waals surface area contributed by atoms with Gasteiger partial charge in [-0.2, -0.15) is 4.98 Å². The third-order valence-corrected chi connectivity index (χ3v) is 4.23. The number of urea groups is 1. The van der Waals surface area contributed by atoms with Crippen molar-refractivity contribution in [2.45, 2.75) is 6.54 Å². The zero-order valence-corrected chi connectivity index (χ0v) is 17.0. The van der Waals surface area contributed by atoms with Gasteiger partial charge in [0.1, 0.15) is 11.6 Å². The molecule has 3 amide bonds. The zero-order chi connectivity index (χ0) is 22.4. The number of nitrogens with one attached hydrogen (secondary N) is 3. The molecular weight excluding hydrogens is 401 g/mol. The lowest BCUT2D eigenvalue weighted by molar-refractivity contribution is 0.100. The Morgan fingerprint density at radius 2 is 1.87 bits per heavy atom. The van der Waals surface area contributed by atoms with Crippen molar-refractivity contribution in [2.24, 2.45) is 5.73 Å². The Balaban J connectivity index is 1.83. The first-order valence-corrected chi connectivity index (χ1v) is 9.33. The minimum atomic E-state index is -0.693. The molecule has 160 valence electrons. The predicted octanol–water partition coefficient (Wildman–Crippen LogP) is 3.16. The molecule has 31 heavy (non-hydrogen) atoms. The maximum absolute atomic E-state index is 14.3. The van der Waals surface area contributed by atoms with Crippen LogP contribution in [-0.2, 0) is 6.54 Å². The van der Waals surface area contributed by atoms with Crippen molar-refractivity contribution in [3.05, 3.63) is 71.7 Å². The molecule has 0 saturated carbocycles. The molecule has 0 unspecified atom stereocenters. The summed E-state index contributed by atoms with van der Waals surface area (Å²) in [5, 5.41) is 8.45. The first-order valence-electron chi connectivity index (χ1n) is 9.33. The van der Waals surface area contributed by atoms with Gasteiger partial charge in [0.05, 0.1) is 11.3 Å². The minimum absolute atomic E-state index is 0.0514. The van der Waals surface area contributed by atoms with E-state index in [2.05, 4.69) is 25.9 Å². The zero-order valence-electron chi connectivity index (χ0n) is 17.0. The highest BCUT2D eigenvalue weighted by Gasteiger charge is 2.14. The Morgan fingerprint density at radius 1 is 1.13 bits per heavy atom. The van der Waals surface area contributed by atoms with Gasteiger partial charge in [0.25, 0.3) is 5.91 Å². The number of primary amides is 1. The molecule has 10 heteroatoms. The molecule has 0 radical (unpaired) electrons. The lowest BCUT2D eigenvalue weighted by atomic mass is 10.2. The first-order chi connectivity index (χ1) is 14.8. The van der Waals surface area contributed by atoms with Crippen LogP contribution in [0.25, 0.3) is 0 Å². The Labute approximate surface area is 178 Å². The van der Waals surface area contributed by atoms with Crippen LogP contribution in [0.5, 0.6) is 0 Å². The van der Waals surface area contributed by atoms with Crippen LogP contribution in [-0.4, -0.2) is 40.9 Å². The van der Waals surface area contributed by atoms with Crippen molar-refractivity contribution in [3.63, 3.8) is 0 Å². The van der Waals surface area contributed by atoms with Crippen LogP contribution in [0.15, 0.2) is 54.7 Å². The topological polar surface area (TPSA) is 125 Å². The van der Waals surface area contributed by atoms with E-state index in [9.17, 15) is 14.0 Å². The molecule has 3 aromatic rings. The fourth-order valence-corrected chi connectivity index (χ4v) is 2.59. The summed E-state index contributed by atoms with van der Waals surface area (Å²) >= 11 is 0. The van der Waals surface area contributed by atoms with Crippen molar-refractivity contribution in [1.29, 1.82) is 0 Å². The molecule has 1 aromatic heterocycles. The molecule has 3 rings (SSSR count). The first kappa shape index (κ1) is 21.5. The van der Waals surface area contributed by atoms with Crippen LogP contribution in [0.4, 0.5) is 32.3 Å². The van der Waals surface area contributed by atoms with Crippen molar-refractivity contribution in [3.8, 4) is 0 Å². The van der Waals surface area contributed by atoms with Gasteiger partial charge in [-0.1, -0.05) is 30.3 Å². The second kappa shape index (κ2) is 9.53. The number of carbonyl (C=O) groups excluding carboxylic acids is 2. The predicted molar refractivity (Wildman–Crippen MR) is 117 cm³/mol. The lowest BCUT2D eigenvalue weighted by Crippen LogP contribution is -2.27. The molecule has 0 aliphatic carbocycles.